The summed E-state index contributed by atoms with van der Waals surface area (Å²) in [5.74, 6) is 0. The van der Waals surface area contributed by atoms with Crippen LogP contribution in [0.3, 0.4) is 0 Å². The van der Waals surface area contributed by atoms with E-state index in [1.165, 1.54) is 5.57 Å². The summed E-state index contributed by atoms with van der Waals surface area (Å²) in [6.07, 6.45) is 13.8. The molecule has 0 fully saturated rings. The van der Waals surface area contributed by atoms with Gasteiger partial charge < -0.3 is 10.2 Å². The lowest BCUT2D eigenvalue weighted by Crippen LogP contribution is -2.20. The highest BCUT2D eigenvalue weighted by Crippen LogP contribution is 2.28. The monoisotopic (exact) mass is 268 g/mol. The van der Waals surface area contributed by atoms with Crippen molar-refractivity contribution in [2.24, 2.45) is 5.41 Å². The molecule has 0 aromatic heterocycles. The molecular weight excluding hydrogens is 236 g/mol. The van der Waals surface area contributed by atoms with Gasteiger partial charge in [-0.1, -0.05) is 44.1 Å². The van der Waals surface area contributed by atoms with Gasteiger partial charge in [-0.25, -0.2) is 0 Å². The lowest BCUT2D eigenvalue weighted by Gasteiger charge is -2.25. The lowest BCUT2D eigenvalue weighted by molar-refractivity contribution is 0.134. The highest BCUT2D eigenvalue weighted by Gasteiger charge is 2.20. The second-order valence-corrected chi connectivity index (χ2v) is 5.85. The molecule has 0 aromatic carbocycles. The van der Waals surface area contributed by atoms with E-state index in [1.54, 1.807) is 0 Å². The van der Waals surface area contributed by atoms with Gasteiger partial charge in [0.15, 0.2) is 0 Å². The van der Waals surface area contributed by atoms with Gasteiger partial charge in [0, 0.05) is 13.2 Å². The molecule has 2 nitrogen and oxygen atoms in total. The minimum Gasteiger partial charge on any atom is -0.396 e. The highest BCUT2D eigenvalue weighted by atomic mass is 16.3. The van der Waals surface area contributed by atoms with E-state index in [0.29, 0.717) is 0 Å². The van der Waals surface area contributed by atoms with Crippen molar-refractivity contribution < 1.29 is 10.2 Å². The topological polar surface area (TPSA) is 40.5 Å². The van der Waals surface area contributed by atoms with Gasteiger partial charge in [0.1, 0.15) is 0 Å². The molecule has 0 rings (SSSR count). The number of unbranched alkanes of at least 4 members (excludes halogenated alkanes) is 1. The Kier molecular flexibility index (Phi) is 10.9. The van der Waals surface area contributed by atoms with Gasteiger partial charge >= 0.3 is 0 Å². The number of hydrogen-bond donors (Lipinski definition) is 2. The van der Waals surface area contributed by atoms with Crippen LogP contribution in [0.1, 0.15) is 65.7 Å². The van der Waals surface area contributed by atoms with Crippen molar-refractivity contribution in [1.29, 1.82) is 0 Å². The molecule has 0 aromatic rings. The molecule has 0 aliphatic rings. The first kappa shape index (κ1) is 18.4. The molecule has 0 heterocycles. The maximum Gasteiger partial charge on any atom is 0.0487 e. The zero-order valence-electron chi connectivity index (χ0n) is 13.0. The Morgan fingerprint density at radius 2 is 1.84 bits per heavy atom. The van der Waals surface area contributed by atoms with E-state index in [2.05, 4.69) is 32.9 Å². The summed E-state index contributed by atoms with van der Waals surface area (Å²) < 4.78 is 0. The van der Waals surface area contributed by atoms with Crippen molar-refractivity contribution in [3.05, 3.63) is 23.8 Å². The Hall–Kier alpha value is -0.600. The fourth-order valence-electron chi connectivity index (χ4n) is 2.18. The van der Waals surface area contributed by atoms with Crippen LogP contribution in [0.4, 0.5) is 0 Å². The fourth-order valence-corrected chi connectivity index (χ4v) is 2.18. The van der Waals surface area contributed by atoms with Crippen LogP contribution in [0, 0.1) is 5.41 Å². The number of allylic oxidation sites excluding steroid dienone is 3. The molecule has 19 heavy (non-hydrogen) atoms. The Morgan fingerprint density at radius 1 is 1.16 bits per heavy atom. The number of aliphatic hydroxyl groups excluding tert-OH is 2. The van der Waals surface area contributed by atoms with Crippen molar-refractivity contribution in [2.45, 2.75) is 65.7 Å². The molecule has 0 radical (unpaired) electrons. The SMILES string of the molecule is CCCC(C)(CO)CC=C(C)CCCC=CCCO. The summed E-state index contributed by atoms with van der Waals surface area (Å²) in [7, 11) is 0. The van der Waals surface area contributed by atoms with E-state index in [9.17, 15) is 5.11 Å². The Labute approximate surface area is 119 Å². The van der Waals surface area contributed by atoms with Gasteiger partial charge in [-0.05, 0) is 50.9 Å². The first-order valence-corrected chi connectivity index (χ1v) is 7.60. The van der Waals surface area contributed by atoms with Crippen LogP contribution in [0.5, 0.6) is 0 Å². The van der Waals surface area contributed by atoms with Gasteiger partial charge in [-0.2, -0.15) is 0 Å². The molecule has 0 amide bonds. The van der Waals surface area contributed by atoms with Crippen LogP contribution in [0.2, 0.25) is 0 Å². The summed E-state index contributed by atoms with van der Waals surface area (Å²) in [6.45, 7) is 7.03. The van der Waals surface area contributed by atoms with Crippen LogP contribution in [0.15, 0.2) is 23.8 Å². The number of rotatable bonds is 11. The molecule has 0 saturated heterocycles. The smallest absolute Gasteiger partial charge is 0.0487 e. The number of hydrogen-bond acceptors (Lipinski definition) is 2. The van der Waals surface area contributed by atoms with E-state index < -0.39 is 0 Å². The molecular formula is C17H32O2. The van der Waals surface area contributed by atoms with E-state index >= 15 is 0 Å². The first-order valence-electron chi connectivity index (χ1n) is 7.60. The third-order valence-corrected chi connectivity index (χ3v) is 3.58. The van der Waals surface area contributed by atoms with Crippen molar-refractivity contribution >= 4 is 0 Å². The van der Waals surface area contributed by atoms with E-state index in [-0.39, 0.29) is 18.6 Å². The van der Waals surface area contributed by atoms with E-state index in [1.807, 2.05) is 6.08 Å². The molecule has 2 N–H and O–H groups in total. The highest BCUT2D eigenvalue weighted by molar-refractivity contribution is 5.01. The van der Waals surface area contributed by atoms with E-state index in [0.717, 1.165) is 44.9 Å². The third-order valence-electron chi connectivity index (χ3n) is 3.58. The van der Waals surface area contributed by atoms with Crippen molar-refractivity contribution in [3.8, 4) is 0 Å². The third kappa shape index (κ3) is 9.92. The molecule has 0 bridgehead atoms. The molecule has 0 aliphatic heterocycles. The zero-order chi connectivity index (χ0) is 14.6. The largest absolute Gasteiger partial charge is 0.396 e. The molecule has 0 spiro atoms. The maximum absolute atomic E-state index is 9.47. The van der Waals surface area contributed by atoms with Crippen LogP contribution in [0.25, 0.3) is 0 Å². The van der Waals surface area contributed by atoms with Gasteiger partial charge in [0.05, 0.1) is 0 Å². The van der Waals surface area contributed by atoms with Gasteiger partial charge in [0.25, 0.3) is 0 Å². The van der Waals surface area contributed by atoms with Gasteiger partial charge in [-0.15, -0.1) is 0 Å². The standard InChI is InChI=1S/C17H32O2/c1-4-12-17(3,15-19)13-11-16(2)10-8-6-5-7-9-14-18/h5,7,11,18-19H,4,6,8-10,12-15H2,1-3H3. The van der Waals surface area contributed by atoms with Crippen LogP contribution < -0.4 is 0 Å². The van der Waals surface area contributed by atoms with Crippen molar-refractivity contribution in [2.75, 3.05) is 13.2 Å². The predicted octanol–water partition coefficient (Wildman–Crippen LogP) is 4.23. The van der Waals surface area contributed by atoms with Gasteiger partial charge in [-0.3, -0.25) is 0 Å². The molecule has 1 unspecified atom stereocenters. The number of aliphatic hydroxyl groups is 2. The summed E-state index contributed by atoms with van der Waals surface area (Å²) in [5.41, 5.74) is 1.48. The normalized spacial score (nSPS) is 15.9. The second-order valence-electron chi connectivity index (χ2n) is 5.85. The van der Waals surface area contributed by atoms with Crippen molar-refractivity contribution in [3.63, 3.8) is 0 Å². The van der Waals surface area contributed by atoms with Crippen molar-refractivity contribution in [1.82, 2.24) is 0 Å². The Balaban J connectivity index is 3.93. The van der Waals surface area contributed by atoms with Gasteiger partial charge in [0.2, 0.25) is 0 Å². The minimum atomic E-state index is 0.0526. The summed E-state index contributed by atoms with van der Waals surface area (Å²) in [6, 6.07) is 0. The second kappa shape index (κ2) is 11.2. The quantitative estimate of drug-likeness (QED) is 0.435. The fraction of sp³-hybridized carbons (Fsp3) is 0.765. The summed E-state index contributed by atoms with van der Waals surface area (Å²) >= 11 is 0. The van der Waals surface area contributed by atoms with Crippen LogP contribution in [-0.4, -0.2) is 23.4 Å². The zero-order valence-corrected chi connectivity index (χ0v) is 13.0. The molecule has 112 valence electrons. The average Bonchev–Trinajstić information content (AvgIpc) is 2.41. The van der Waals surface area contributed by atoms with Crippen LogP contribution in [-0.2, 0) is 0 Å². The van der Waals surface area contributed by atoms with E-state index in [4.69, 9.17) is 5.11 Å². The molecule has 0 aliphatic carbocycles. The predicted molar refractivity (Wildman–Crippen MR) is 83.2 cm³/mol. The average molecular weight is 268 g/mol. The molecule has 2 heteroatoms. The first-order chi connectivity index (χ1) is 9.08. The molecule has 1 atom stereocenters. The summed E-state index contributed by atoms with van der Waals surface area (Å²) in [4.78, 5) is 0. The molecule has 0 saturated carbocycles. The Bertz CT molecular complexity index is 268. The van der Waals surface area contributed by atoms with Crippen LogP contribution >= 0.6 is 0 Å². The summed E-state index contributed by atoms with van der Waals surface area (Å²) in [5, 5.41) is 18.1. The maximum atomic E-state index is 9.47. The lowest BCUT2D eigenvalue weighted by atomic mass is 9.82. The Morgan fingerprint density at radius 3 is 2.42 bits per heavy atom. The minimum absolute atomic E-state index is 0.0526.